The molecule has 1 unspecified atom stereocenters. The van der Waals surface area contributed by atoms with Crippen molar-refractivity contribution < 1.29 is 4.79 Å². The maximum atomic E-state index is 12.5. The first-order valence-corrected chi connectivity index (χ1v) is 8.89. The number of carbonyl (C=O) groups excluding carboxylic acids is 1. The number of amides is 1. The molecule has 1 N–H and O–H groups in total. The smallest absolute Gasteiger partial charge is 0.253 e. The van der Waals surface area contributed by atoms with Crippen LogP contribution in [-0.2, 0) is 11.3 Å². The van der Waals surface area contributed by atoms with Crippen LogP contribution in [0.3, 0.4) is 0 Å². The fourth-order valence-corrected chi connectivity index (χ4v) is 3.09. The molecule has 1 aliphatic heterocycles. The lowest BCUT2D eigenvalue weighted by Gasteiger charge is -2.32. The van der Waals surface area contributed by atoms with Crippen LogP contribution in [0.25, 0.3) is 0 Å². The van der Waals surface area contributed by atoms with Crippen LogP contribution in [0.4, 0.5) is 5.82 Å². The van der Waals surface area contributed by atoms with Crippen LogP contribution in [0.1, 0.15) is 24.2 Å². The quantitative estimate of drug-likeness (QED) is 0.847. The number of piperidine rings is 1. The number of rotatable bonds is 5. The molecule has 0 aromatic carbocycles. The van der Waals surface area contributed by atoms with Crippen molar-refractivity contribution in [3.63, 3.8) is 0 Å². The molecule has 0 spiro atoms. The molecule has 0 radical (unpaired) electrons. The topological polar surface area (TPSA) is 93.0 Å². The molecule has 0 saturated carbocycles. The maximum Gasteiger partial charge on any atom is 0.253 e. The second-order valence-corrected chi connectivity index (χ2v) is 6.67. The molecule has 3 rings (SSSR count). The van der Waals surface area contributed by atoms with Gasteiger partial charge in [-0.05, 0) is 38.8 Å². The van der Waals surface area contributed by atoms with E-state index >= 15 is 0 Å². The van der Waals surface area contributed by atoms with Crippen molar-refractivity contribution in [3.05, 3.63) is 46.3 Å². The van der Waals surface area contributed by atoms with E-state index in [4.69, 9.17) is 0 Å². The minimum absolute atomic E-state index is 0.0166. The van der Waals surface area contributed by atoms with Gasteiger partial charge in [0.2, 0.25) is 5.91 Å². The Bertz CT molecular complexity index is 817. The van der Waals surface area contributed by atoms with Gasteiger partial charge >= 0.3 is 0 Å². The molecule has 2 aromatic rings. The van der Waals surface area contributed by atoms with E-state index in [1.165, 1.54) is 17.0 Å². The van der Waals surface area contributed by atoms with E-state index in [0.717, 1.165) is 30.9 Å². The molecule has 3 heterocycles. The number of anilines is 1. The lowest BCUT2D eigenvalue weighted by molar-refractivity contribution is -0.125. The molecule has 1 saturated heterocycles. The van der Waals surface area contributed by atoms with Gasteiger partial charge in [0.15, 0.2) is 5.82 Å². The predicted molar refractivity (Wildman–Crippen MR) is 97.9 cm³/mol. The summed E-state index contributed by atoms with van der Waals surface area (Å²) in [6, 6.07) is 5.36. The van der Waals surface area contributed by atoms with Gasteiger partial charge in [0.25, 0.3) is 5.56 Å². The molecule has 138 valence electrons. The number of hydrogen-bond acceptors (Lipinski definition) is 6. The van der Waals surface area contributed by atoms with Gasteiger partial charge in [-0.1, -0.05) is 0 Å². The highest BCUT2D eigenvalue weighted by Gasteiger charge is 2.26. The molecular formula is C18H24N6O2. The Morgan fingerprint density at radius 1 is 1.27 bits per heavy atom. The fraction of sp³-hybridized carbons (Fsp3) is 0.500. The summed E-state index contributed by atoms with van der Waals surface area (Å²) >= 11 is 0. The van der Waals surface area contributed by atoms with Gasteiger partial charge in [-0.15, -0.1) is 5.10 Å². The van der Waals surface area contributed by atoms with Crippen molar-refractivity contribution in [2.75, 3.05) is 24.5 Å². The Labute approximate surface area is 152 Å². The highest BCUT2D eigenvalue weighted by molar-refractivity contribution is 5.79. The Balaban J connectivity index is 1.52. The fourth-order valence-electron chi connectivity index (χ4n) is 3.09. The van der Waals surface area contributed by atoms with Crippen LogP contribution < -0.4 is 15.8 Å². The number of aromatic nitrogens is 4. The van der Waals surface area contributed by atoms with Crippen molar-refractivity contribution in [3.8, 4) is 0 Å². The number of nitrogens with zero attached hydrogens (tertiary/aromatic N) is 5. The van der Waals surface area contributed by atoms with E-state index in [-0.39, 0.29) is 17.4 Å². The minimum atomic E-state index is -0.103. The highest BCUT2D eigenvalue weighted by atomic mass is 16.2. The summed E-state index contributed by atoms with van der Waals surface area (Å²) in [4.78, 5) is 30.5. The lowest BCUT2D eigenvalue weighted by Crippen LogP contribution is -2.44. The largest absolute Gasteiger partial charge is 0.354 e. The second kappa shape index (κ2) is 8.07. The number of hydrogen-bond donors (Lipinski definition) is 1. The summed E-state index contributed by atoms with van der Waals surface area (Å²) in [6.45, 7) is 6.02. The standard InChI is InChI=1S/C18H24N6O2/c1-13-5-6-16(22-21-13)23-8-3-4-15(11-23)18(26)19-7-9-24-12-20-14(2)10-17(24)25/h5-6,10,12,15H,3-4,7-9,11H2,1-2H3,(H,19,26). The SMILES string of the molecule is Cc1cc(=O)n(CCNC(=O)C2CCCN(c3ccc(C)nn3)C2)cn1. The molecule has 26 heavy (non-hydrogen) atoms. The first-order chi connectivity index (χ1) is 12.5. The van der Waals surface area contributed by atoms with Crippen LogP contribution in [0, 0.1) is 19.8 Å². The summed E-state index contributed by atoms with van der Waals surface area (Å²) in [5.74, 6) is 0.744. The summed E-state index contributed by atoms with van der Waals surface area (Å²) in [6.07, 6.45) is 3.31. The Kier molecular flexibility index (Phi) is 5.60. The molecular weight excluding hydrogens is 332 g/mol. The maximum absolute atomic E-state index is 12.5. The molecule has 8 heteroatoms. The van der Waals surface area contributed by atoms with Crippen molar-refractivity contribution in [2.45, 2.75) is 33.2 Å². The highest BCUT2D eigenvalue weighted by Crippen LogP contribution is 2.21. The van der Waals surface area contributed by atoms with Crippen LogP contribution in [0.5, 0.6) is 0 Å². The molecule has 1 aliphatic rings. The van der Waals surface area contributed by atoms with Crippen molar-refractivity contribution in [1.82, 2.24) is 25.1 Å². The minimum Gasteiger partial charge on any atom is -0.354 e. The van der Waals surface area contributed by atoms with Gasteiger partial charge in [-0.3, -0.25) is 14.2 Å². The first kappa shape index (κ1) is 18.0. The van der Waals surface area contributed by atoms with E-state index < -0.39 is 0 Å². The lowest BCUT2D eigenvalue weighted by atomic mass is 9.97. The van der Waals surface area contributed by atoms with Gasteiger partial charge in [0.05, 0.1) is 17.9 Å². The third-order valence-corrected chi connectivity index (χ3v) is 4.57. The number of nitrogens with one attached hydrogen (secondary N) is 1. The molecule has 1 amide bonds. The van der Waals surface area contributed by atoms with Crippen molar-refractivity contribution >= 4 is 11.7 Å². The van der Waals surface area contributed by atoms with Crippen LogP contribution in [0.15, 0.2) is 29.3 Å². The zero-order valence-corrected chi connectivity index (χ0v) is 15.2. The number of carbonyl (C=O) groups is 1. The average molecular weight is 356 g/mol. The molecule has 0 aliphatic carbocycles. The van der Waals surface area contributed by atoms with E-state index in [0.29, 0.717) is 25.3 Å². The van der Waals surface area contributed by atoms with Gasteiger partial charge in [0, 0.05) is 37.9 Å². The van der Waals surface area contributed by atoms with Crippen molar-refractivity contribution in [2.24, 2.45) is 5.92 Å². The molecule has 2 aromatic heterocycles. The normalized spacial score (nSPS) is 17.2. The van der Waals surface area contributed by atoms with Crippen LogP contribution >= 0.6 is 0 Å². The molecule has 1 atom stereocenters. The molecule has 1 fully saturated rings. The van der Waals surface area contributed by atoms with Crippen molar-refractivity contribution in [1.29, 1.82) is 0 Å². The predicted octanol–water partition coefficient (Wildman–Crippen LogP) is 0.683. The van der Waals surface area contributed by atoms with Crippen LogP contribution in [-0.4, -0.2) is 45.3 Å². The summed E-state index contributed by atoms with van der Waals surface area (Å²) in [5, 5.41) is 11.2. The summed E-state index contributed by atoms with van der Waals surface area (Å²) in [5.41, 5.74) is 1.46. The summed E-state index contributed by atoms with van der Waals surface area (Å²) < 4.78 is 1.50. The monoisotopic (exact) mass is 356 g/mol. The summed E-state index contributed by atoms with van der Waals surface area (Å²) in [7, 11) is 0. The van der Waals surface area contributed by atoms with Gasteiger partial charge < -0.3 is 10.2 Å². The van der Waals surface area contributed by atoms with E-state index in [2.05, 4.69) is 25.4 Å². The molecule has 0 bridgehead atoms. The van der Waals surface area contributed by atoms with Gasteiger partial charge in [0.1, 0.15) is 0 Å². The third-order valence-electron chi connectivity index (χ3n) is 4.57. The Morgan fingerprint density at radius 2 is 2.12 bits per heavy atom. The number of aryl methyl sites for hydroxylation is 2. The Hall–Kier alpha value is -2.77. The second-order valence-electron chi connectivity index (χ2n) is 6.67. The van der Waals surface area contributed by atoms with Gasteiger partial charge in [-0.2, -0.15) is 5.10 Å². The first-order valence-electron chi connectivity index (χ1n) is 8.89. The third kappa shape index (κ3) is 4.44. The Morgan fingerprint density at radius 3 is 2.85 bits per heavy atom. The van der Waals surface area contributed by atoms with Gasteiger partial charge in [-0.25, -0.2) is 4.98 Å². The van der Waals surface area contributed by atoms with Crippen LogP contribution in [0.2, 0.25) is 0 Å². The zero-order chi connectivity index (χ0) is 18.5. The van der Waals surface area contributed by atoms with E-state index in [1.807, 2.05) is 19.1 Å². The van der Waals surface area contributed by atoms with E-state index in [9.17, 15) is 9.59 Å². The van der Waals surface area contributed by atoms with E-state index in [1.54, 1.807) is 6.92 Å². The average Bonchev–Trinajstić information content (AvgIpc) is 2.64. The molecule has 8 nitrogen and oxygen atoms in total. The zero-order valence-electron chi connectivity index (χ0n) is 15.2.